The molecular weight excluding hydrogens is 218 g/mol. The third kappa shape index (κ3) is 4.40. The first-order valence-corrected chi connectivity index (χ1v) is 5.74. The molecule has 1 aromatic rings. The van der Waals surface area contributed by atoms with Crippen LogP contribution in [0.4, 0.5) is 5.82 Å². The van der Waals surface area contributed by atoms with Crippen molar-refractivity contribution in [2.24, 2.45) is 0 Å². The SMILES string of the molecule is CN(CCCCCO)C(=O)c1cccc(N)n1. The highest BCUT2D eigenvalue weighted by molar-refractivity contribution is 5.92. The standard InChI is InChI=1S/C12H19N3O2/c1-15(8-3-2-4-9-16)12(17)10-6-5-7-11(13)14-10/h5-7,16H,2-4,8-9H2,1H3,(H2,13,14). The Hall–Kier alpha value is -1.62. The summed E-state index contributed by atoms with van der Waals surface area (Å²) >= 11 is 0. The molecule has 5 nitrogen and oxygen atoms in total. The van der Waals surface area contributed by atoms with Crippen LogP contribution in [-0.4, -0.2) is 41.1 Å². The van der Waals surface area contributed by atoms with Crippen LogP contribution in [0.15, 0.2) is 18.2 Å². The van der Waals surface area contributed by atoms with Crippen molar-refractivity contribution in [2.75, 3.05) is 25.9 Å². The zero-order chi connectivity index (χ0) is 12.7. The molecule has 0 aliphatic rings. The number of amides is 1. The van der Waals surface area contributed by atoms with E-state index < -0.39 is 0 Å². The van der Waals surface area contributed by atoms with E-state index in [1.54, 1.807) is 30.1 Å². The maximum atomic E-state index is 11.9. The van der Waals surface area contributed by atoms with E-state index in [-0.39, 0.29) is 12.5 Å². The predicted octanol–water partition coefficient (Wildman–Crippen LogP) is 0.898. The van der Waals surface area contributed by atoms with Gasteiger partial charge < -0.3 is 15.7 Å². The normalized spacial score (nSPS) is 10.2. The molecule has 1 rings (SSSR count). The average Bonchev–Trinajstić information content (AvgIpc) is 2.33. The molecule has 1 aromatic heterocycles. The second-order valence-corrected chi connectivity index (χ2v) is 3.96. The second-order valence-electron chi connectivity index (χ2n) is 3.96. The lowest BCUT2D eigenvalue weighted by Crippen LogP contribution is -2.28. The Morgan fingerprint density at radius 1 is 1.41 bits per heavy atom. The van der Waals surface area contributed by atoms with E-state index in [2.05, 4.69) is 4.98 Å². The summed E-state index contributed by atoms with van der Waals surface area (Å²) < 4.78 is 0. The summed E-state index contributed by atoms with van der Waals surface area (Å²) in [6, 6.07) is 5.02. The first-order valence-electron chi connectivity index (χ1n) is 5.74. The molecule has 0 aliphatic heterocycles. The highest BCUT2D eigenvalue weighted by Gasteiger charge is 2.12. The van der Waals surface area contributed by atoms with Gasteiger partial charge in [0.05, 0.1) is 0 Å². The molecule has 17 heavy (non-hydrogen) atoms. The summed E-state index contributed by atoms with van der Waals surface area (Å²) in [5.74, 6) is 0.228. The van der Waals surface area contributed by atoms with Gasteiger partial charge in [0.1, 0.15) is 11.5 Å². The molecule has 0 fully saturated rings. The van der Waals surface area contributed by atoms with Crippen molar-refractivity contribution >= 4 is 11.7 Å². The van der Waals surface area contributed by atoms with Crippen LogP contribution in [0, 0.1) is 0 Å². The zero-order valence-electron chi connectivity index (χ0n) is 10.1. The van der Waals surface area contributed by atoms with Crippen molar-refractivity contribution in [3.05, 3.63) is 23.9 Å². The van der Waals surface area contributed by atoms with Gasteiger partial charge in [0, 0.05) is 20.2 Å². The lowest BCUT2D eigenvalue weighted by atomic mass is 10.2. The van der Waals surface area contributed by atoms with Gasteiger partial charge in [0.2, 0.25) is 0 Å². The summed E-state index contributed by atoms with van der Waals surface area (Å²) in [5, 5.41) is 8.64. The fourth-order valence-corrected chi connectivity index (χ4v) is 1.51. The minimum atomic E-state index is -0.124. The summed E-state index contributed by atoms with van der Waals surface area (Å²) in [6.07, 6.45) is 2.57. The number of unbranched alkanes of at least 4 members (excludes halogenated alkanes) is 2. The number of nitrogens with two attached hydrogens (primary N) is 1. The van der Waals surface area contributed by atoms with Crippen LogP contribution in [0.1, 0.15) is 29.8 Å². The molecular formula is C12H19N3O2. The molecule has 0 saturated heterocycles. The largest absolute Gasteiger partial charge is 0.396 e. The van der Waals surface area contributed by atoms with Gasteiger partial charge in [-0.25, -0.2) is 4.98 Å². The maximum Gasteiger partial charge on any atom is 0.272 e. The Labute approximate surface area is 101 Å². The van der Waals surface area contributed by atoms with Crippen molar-refractivity contribution in [3.8, 4) is 0 Å². The van der Waals surface area contributed by atoms with Crippen molar-refractivity contribution < 1.29 is 9.90 Å². The summed E-state index contributed by atoms with van der Waals surface area (Å²) in [5.41, 5.74) is 5.90. The maximum absolute atomic E-state index is 11.9. The number of aliphatic hydroxyl groups is 1. The Morgan fingerprint density at radius 3 is 2.82 bits per heavy atom. The Morgan fingerprint density at radius 2 is 2.18 bits per heavy atom. The van der Waals surface area contributed by atoms with Gasteiger partial charge in [-0.3, -0.25) is 4.79 Å². The number of carbonyl (C=O) groups is 1. The molecule has 1 amide bonds. The lowest BCUT2D eigenvalue weighted by molar-refractivity contribution is 0.0786. The van der Waals surface area contributed by atoms with Crippen molar-refractivity contribution in [1.29, 1.82) is 0 Å². The van der Waals surface area contributed by atoms with E-state index in [0.29, 0.717) is 18.1 Å². The number of aliphatic hydroxyl groups excluding tert-OH is 1. The van der Waals surface area contributed by atoms with Crippen LogP contribution in [0.3, 0.4) is 0 Å². The van der Waals surface area contributed by atoms with Gasteiger partial charge in [-0.1, -0.05) is 6.07 Å². The fourth-order valence-electron chi connectivity index (χ4n) is 1.51. The van der Waals surface area contributed by atoms with Crippen LogP contribution < -0.4 is 5.73 Å². The molecule has 3 N–H and O–H groups in total. The number of nitrogen functional groups attached to an aromatic ring is 1. The van der Waals surface area contributed by atoms with E-state index >= 15 is 0 Å². The molecule has 0 radical (unpaired) electrons. The zero-order valence-corrected chi connectivity index (χ0v) is 10.1. The topological polar surface area (TPSA) is 79.5 Å². The molecule has 0 aliphatic carbocycles. The molecule has 0 saturated carbocycles. The van der Waals surface area contributed by atoms with Crippen LogP contribution in [-0.2, 0) is 0 Å². The van der Waals surface area contributed by atoms with Crippen LogP contribution in [0.2, 0.25) is 0 Å². The van der Waals surface area contributed by atoms with E-state index in [4.69, 9.17) is 10.8 Å². The van der Waals surface area contributed by atoms with E-state index in [9.17, 15) is 4.79 Å². The number of hydrogen-bond acceptors (Lipinski definition) is 4. The van der Waals surface area contributed by atoms with Gasteiger partial charge in [0.25, 0.3) is 5.91 Å². The van der Waals surface area contributed by atoms with E-state index in [1.807, 2.05) is 0 Å². The number of anilines is 1. The number of hydrogen-bond donors (Lipinski definition) is 2. The minimum Gasteiger partial charge on any atom is -0.396 e. The van der Waals surface area contributed by atoms with E-state index in [0.717, 1.165) is 19.3 Å². The Balaban J connectivity index is 2.46. The number of nitrogens with zero attached hydrogens (tertiary/aromatic N) is 2. The van der Waals surface area contributed by atoms with Gasteiger partial charge in [0.15, 0.2) is 0 Å². The van der Waals surface area contributed by atoms with Gasteiger partial charge in [-0.05, 0) is 31.4 Å². The van der Waals surface area contributed by atoms with E-state index in [1.165, 1.54) is 0 Å². The van der Waals surface area contributed by atoms with Gasteiger partial charge in [-0.15, -0.1) is 0 Å². The number of rotatable bonds is 6. The average molecular weight is 237 g/mol. The van der Waals surface area contributed by atoms with Crippen LogP contribution >= 0.6 is 0 Å². The van der Waals surface area contributed by atoms with Crippen molar-refractivity contribution in [3.63, 3.8) is 0 Å². The number of carbonyl (C=O) groups excluding carboxylic acids is 1. The molecule has 5 heteroatoms. The molecule has 0 atom stereocenters. The summed E-state index contributed by atoms with van der Waals surface area (Å²) in [4.78, 5) is 17.5. The highest BCUT2D eigenvalue weighted by Crippen LogP contribution is 2.05. The summed E-state index contributed by atoms with van der Waals surface area (Å²) in [7, 11) is 1.74. The molecule has 0 aromatic carbocycles. The first kappa shape index (κ1) is 13.4. The first-order chi connectivity index (χ1) is 8.15. The quantitative estimate of drug-likeness (QED) is 0.720. The lowest BCUT2D eigenvalue weighted by Gasteiger charge is -2.16. The highest BCUT2D eigenvalue weighted by atomic mass is 16.2. The number of aromatic nitrogens is 1. The monoisotopic (exact) mass is 237 g/mol. The fraction of sp³-hybridized carbons (Fsp3) is 0.500. The molecule has 0 bridgehead atoms. The summed E-state index contributed by atoms with van der Waals surface area (Å²) in [6.45, 7) is 0.865. The molecule has 0 spiro atoms. The third-order valence-corrected chi connectivity index (χ3v) is 2.49. The molecule has 0 unspecified atom stereocenters. The van der Waals surface area contributed by atoms with Crippen molar-refractivity contribution in [1.82, 2.24) is 9.88 Å². The van der Waals surface area contributed by atoms with Gasteiger partial charge in [-0.2, -0.15) is 0 Å². The smallest absolute Gasteiger partial charge is 0.272 e. The van der Waals surface area contributed by atoms with Crippen LogP contribution in [0.25, 0.3) is 0 Å². The van der Waals surface area contributed by atoms with Gasteiger partial charge >= 0.3 is 0 Å². The number of pyridine rings is 1. The van der Waals surface area contributed by atoms with Crippen molar-refractivity contribution in [2.45, 2.75) is 19.3 Å². The molecule has 1 heterocycles. The minimum absolute atomic E-state index is 0.124. The predicted molar refractivity (Wildman–Crippen MR) is 66.5 cm³/mol. The Kier molecular flexibility index (Phi) is 5.42. The Bertz CT molecular complexity index is 369. The second kappa shape index (κ2) is 6.85. The molecule has 94 valence electrons. The van der Waals surface area contributed by atoms with Crippen LogP contribution in [0.5, 0.6) is 0 Å². The third-order valence-electron chi connectivity index (χ3n) is 2.49.